The molecule has 0 radical (unpaired) electrons. The summed E-state index contributed by atoms with van der Waals surface area (Å²) < 4.78 is 5.46. The largest absolute Gasteiger partial charge is 0.365 e. The van der Waals surface area contributed by atoms with Gasteiger partial charge in [0.05, 0.1) is 18.6 Å². The zero-order valence-electron chi connectivity index (χ0n) is 6.04. The predicted octanol–water partition coefficient (Wildman–Crippen LogP) is 1.31. The molecule has 2 aliphatic heterocycles. The van der Waals surface area contributed by atoms with Crippen LogP contribution in [-0.2, 0) is 4.74 Å². The van der Waals surface area contributed by atoms with Crippen LogP contribution in [0.3, 0.4) is 0 Å². The third kappa shape index (κ3) is 1.08. The van der Waals surface area contributed by atoms with E-state index in [0.29, 0.717) is 11.4 Å². The zero-order chi connectivity index (χ0) is 6.97. The van der Waals surface area contributed by atoms with Crippen molar-refractivity contribution in [3.63, 3.8) is 0 Å². The SMILES string of the molecule is CC1=NCC2OCSC2C1. The molecule has 1 fully saturated rings. The zero-order valence-corrected chi connectivity index (χ0v) is 6.86. The minimum Gasteiger partial charge on any atom is -0.365 e. The minimum absolute atomic E-state index is 0.425. The van der Waals surface area contributed by atoms with Crippen LogP contribution >= 0.6 is 11.8 Å². The molecular formula is C7H11NOS. The number of fused-ring (bicyclic) bond motifs is 1. The van der Waals surface area contributed by atoms with Crippen LogP contribution in [0.1, 0.15) is 13.3 Å². The van der Waals surface area contributed by atoms with Crippen LogP contribution in [0.4, 0.5) is 0 Å². The summed E-state index contributed by atoms with van der Waals surface area (Å²) in [7, 11) is 0. The van der Waals surface area contributed by atoms with Gasteiger partial charge in [0.25, 0.3) is 0 Å². The fourth-order valence-corrected chi connectivity index (χ4v) is 2.56. The van der Waals surface area contributed by atoms with E-state index in [1.54, 1.807) is 0 Å². The second-order valence-electron chi connectivity index (χ2n) is 2.81. The van der Waals surface area contributed by atoms with Crippen LogP contribution in [-0.4, -0.2) is 29.5 Å². The molecule has 1 saturated heterocycles. The Hall–Kier alpha value is -0.0200. The molecule has 2 rings (SSSR count). The molecule has 0 aromatic rings. The van der Waals surface area contributed by atoms with Gasteiger partial charge in [0.1, 0.15) is 0 Å². The fourth-order valence-electron chi connectivity index (χ4n) is 1.39. The summed E-state index contributed by atoms with van der Waals surface area (Å²) in [6, 6.07) is 0. The monoisotopic (exact) mass is 157 g/mol. The van der Waals surface area contributed by atoms with Crippen LogP contribution in [0.25, 0.3) is 0 Å². The number of thioether (sulfide) groups is 1. The maximum Gasteiger partial charge on any atom is 0.0929 e. The maximum atomic E-state index is 5.46. The molecule has 3 heteroatoms. The van der Waals surface area contributed by atoms with E-state index in [1.807, 2.05) is 11.8 Å². The van der Waals surface area contributed by atoms with Crippen LogP contribution in [0, 0.1) is 0 Å². The van der Waals surface area contributed by atoms with Gasteiger partial charge < -0.3 is 4.74 Å². The highest BCUT2D eigenvalue weighted by atomic mass is 32.2. The summed E-state index contributed by atoms with van der Waals surface area (Å²) in [5.41, 5.74) is 1.29. The maximum absolute atomic E-state index is 5.46. The standard InChI is InChI=1S/C7H11NOS/c1-5-2-7-6(3-8-5)9-4-10-7/h6-7H,2-4H2,1H3. The van der Waals surface area contributed by atoms with Crippen LogP contribution in [0.15, 0.2) is 4.99 Å². The van der Waals surface area contributed by atoms with E-state index in [1.165, 1.54) is 5.71 Å². The third-order valence-corrected chi connectivity index (χ3v) is 3.19. The normalized spacial score (nSPS) is 39.1. The average Bonchev–Trinajstić information content (AvgIpc) is 2.33. The molecule has 0 saturated carbocycles. The van der Waals surface area contributed by atoms with Gasteiger partial charge in [-0.15, -0.1) is 11.8 Å². The fraction of sp³-hybridized carbons (Fsp3) is 0.857. The lowest BCUT2D eigenvalue weighted by Crippen LogP contribution is -2.29. The number of hydrogen-bond acceptors (Lipinski definition) is 3. The van der Waals surface area contributed by atoms with E-state index in [2.05, 4.69) is 11.9 Å². The Labute approximate surface area is 65.0 Å². The molecule has 0 aromatic carbocycles. The van der Waals surface area contributed by atoms with Gasteiger partial charge in [0, 0.05) is 11.0 Å². The second kappa shape index (κ2) is 2.55. The number of aliphatic imine (C=N–C) groups is 1. The molecule has 56 valence electrons. The quantitative estimate of drug-likeness (QED) is 0.529. The lowest BCUT2D eigenvalue weighted by Gasteiger charge is -2.20. The highest BCUT2D eigenvalue weighted by Crippen LogP contribution is 2.31. The van der Waals surface area contributed by atoms with Crippen molar-refractivity contribution in [2.24, 2.45) is 4.99 Å². The Morgan fingerprint density at radius 1 is 1.70 bits per heavy atom. The topological polar surface area (TPSA) is 21.6 Å². The number of hydrogen-bond donors (Lipinski definition) is 0. The first-order valence-electron chi connectivity index (χ1n) is 3.59. The molecule has 2 nitrogen and oxygen atoms in total. The summed E-state index contributed by atoms with van der Waals surface area (Å²) in [6.45, 7) is 3.00. The van der Waals surface area contributed by atoms with Crippen molar-refractivity contribution in [2.75, 3.05) is 12.5 Å². The molecule has 0 aromatic heterocycles. The highest BCUT2D eigenvalue weighted by molar-refractivity contribution is 8.00. The molecule has 2 unspecified atom stereocenters. The Kier molecular flexibility index (Phi) is 1.70. The molecular weight excluding hydrogens is 146 g/mol. The average molecular weight is 157 g/mol. The van der Waals surface area contributed by atoms with E-state index >= 15 is 0 Å². The van der Waals surface area contributed by atoms with Crippen molar-refractivity contribution in [1.29, 1.82) is 0 Å². The van der Waals surface area contributed by atoms with Gasteiger partial charge in [0.2, 0.25) is 0 Å². The summed E-state index contributed by atoms with van der Waals surface area (Å²) in [6.07, 6.45) is 1.56. The first-order valence-corrected chi connectivity index (χ1v) is 4.64. The van der Waals surface area contributed by atoms with Crippen molar-refractivity contribution in [3.8, 4) is 0 Å². The first kappa shape index (κ1) is 6.68. The van der Waals surface area contributed by atoms with Crippen molar-refractivity contribution in [2.45, 2.75) is 24.7 Å². The Bertz CT molecular complexity index is 169. The molecule has 2 aliphatic rings. The van der Waals surface area contributed by atoms with E-state index in [0.717, 1.165) is 18.9 Å². The van der Waals surface area contributed by atoms with Gasteiger partial charge in [-0.05, 0) is 13.3 Å². The molecule has 0 bridgehead atoms. The van der Waals surface area contributed by atoms with Gasteiger partial charge in [-0.2, -0.15) is 0 Å². The van der Waals surface area contributed by atoms with Crippen LogP contribution < -0.4 is 0 Å². The molecule has 2 heterocycles. The lowest BCUT2D eigenvalue weighted by molar-refractivity contribution is 0.112. The van der Waals surface area contributed by atoms with Gasteiger partial charge >= 0.3 is 0 Å². The van der Waals surface area contributed by atoms with Crippen LogP contribution in [0.5, 0.6) is 0 Å². The van der Waals surface area contributed by atoms with Crippen molar-refractivity contribution >= 4 is 17.5 Å². The van der Waals surface area contributed by atoms with Gasteiger partial charge in [-0.3, -0.25) is 4.99 Å². The first-order chi connectivity index (χ1) is 4.86. The van der Waals surface area contributed by atoms with Crippen molar-refractivity contribution in [1.82, 2.24) is 0 Å². The lowest BCUT2D eigenvalue weighted by atomic mass is 10.1. The molecule has 0 aliphatic carbocycles. The van der Waals surface area contributed by atoms with E-state index in [-0.39, 0.29) is 0 Å². The Balaban J connectivity index is 2.08. The van der Waals surface area contributed by atoms with Gasteiger partial charge in [-0.1, -0.05) is 0 Å². The van der Waals surface area contributed by atoms with Gasteiger partial charge in [-0.25, -0.2) is 0 Å². The van der Waals surface area contributed by atoms with Gasteiger partial charge in [0.15, 0.2) is 0 Å². The molecule has 0 N–H and O–H groups in total. The Morgan fingerprint density at radius 2 is 2.60 bits per heavy atom. The van der Waals surface area contributed by atoms with E-state index in [4.69, 9.17) is 4.74 Å². The summed E-state index contributed by atoms with van der Waals surface area (Å²) in [4.78, 5) is 4.35. The van der Waals surface area contributed by atoms with E-state index < -0.39 is 0 Å². The summed E-state index contributed by atoms with van der Waals surface area (Å²) >= 11 is 1.93. The molecule has 0 spiro atoms. The highest BCUT2D eigenvalue weighted by Gasteiger charge is 2.31. The van der Waals surface area contributed by atoms with Crippen molar-refractivity contribution < 1.29 is 4.74 Å². The minimum atomic E-state index is 0.425. The predicted molar refractivity (Wildman–Crippen MR) is 43.7 cm³/mol. The third-order valence-electron chi connectivity index (χ3n) is 2.02. The molecule has 2 atom stereocenters. The smallest absolute Gasteiger partial charge is 0.0929 e. The van der Waals surface area contributed by atoms with Crippen LogP contribution in [0.2, 0.25) is 0 Å². The summed E-state index contributed by atoms with van der Waals surface area (Å²) in [5, 5.41) is 0.706. The number of nitrogens with zero attached hydrogens (tertiary/aromatic N) is 1. The number of rotatable bonds is 0. The molecule has 0 amide bonds. The summed E-state index contributed by atoms with van der Waals surface area (Å²) in [5.74, 6) is 0.873. The van der Waals surface area contributed by atoms with E-state index in [9.17, 15) is 0 Å². The molecule has 10 heavy (non-hydrogen) atoms. The van der Waals surface area contributed by atoms with Crippen molar-refractivity contribution in [3.05, 3.63) is 0 Å². The second-order valence-corrected chi connectivity index (χ2v) is 3.98. The number of ether oxygens (including phenoxy) is 1. The Morgan fingerprint density at radius 3 is 3.50 bits per heavy atom.